The van der Waals surface area contributed by atoms with E-state index in [1.54, 1.807) is 35.8 Å². The molecule has 2 heterocycles. The number of rotatable bonds is 11. The van der Waals surface area contributed by atoms with Gasteiger partial charge in [-0.15, -0.1) is 11.3 Å². The summed E-state index contributed by atoms with van der Waals surface area (Å²) in [5.41, 5.74) is 1.51. The summed E-state index contributed by atoms with van der Waals surface area (Å²) in [5.74, 6) is -0.741. The van der Waals surface area contributed by atoms with Crippen LogP contribution in [0.15, 0.2) is 78.3 Å². The highest BCUT2D eigenvalue weighted by Crippen LogP contribution is 2.26. The molecule has 1 aliphatic heterocycles. The lowest BCUT2D eigenvalue weighted by Crippen LogP contribution is -2.46. The minimum Gasteiger partial charge on any atom is -0.457 e. The summed E-state index contributed by atoms with van der Waals surface area (Å²) >= 11 is 1.34. The molecule has 1 saturated heterocycles. The number of nitrogens with zero attached hydrogens (tertiary/aromatic N) is 2. The Bertz CT molecular complexity index is 1630. The van der Waals surface area contributed by atoms with E-state index in [0.29, 0.717) is 22.2 Å². The van der Waals surface area contributed by atoms with E-state index in [1.165, 1.54) is 17.4 Å². The van der Waals surface area contributed by atoms with Crippen LogP contribution in [-0.4, -0.2) is 49.6 Å². The first kappa shape index (κ1) is 30.5. The van der Waals surface area contributed by atoms with Crippen molar-refractivity contribution in [1.82, 2.24) is 15.2 Å². The molecule has 0 bridgehead atoms. The fraction of sp³-hybridized carbons (Fsp3) is 0.267. The second-order valence-corrected chi connectivity index (χ2v) is 13.0. The molecule has 0 aliphatic carbocycles. The minimum absolute atomic E-state index is 0.0590. The Balaban J connectivity index is 1.12. The number of benzene rings is 3. The average molecular weight is 628 g/mol. The van der Waals surface area contributed by atoms with E-state index < -0.39 is 33.6 Å². The van der Waals surface area contributed by atoms with E-state index in [1.807, 2.05) is 24.3 Å². The van der Waals surface area contributed by atoms with Crippen molar-refractivity contribution in [2.45, 2.75) is 31.5 Å². The lowest BCUT2D eigenvalue weighted by atomic mass is 10.0. The second-order valence-electron chi connectivity index (χ2n) is 10.3. The number of sulfonamides is 1. The zero-order valence-electron chi connectivity index (χ0n) is 23.3. The van der Waals surface area contributed by atoms with Crippen LogP contribution < -0.4 is 20.1 Å². The molecule has 226 valence electrons. The first-order valence-electron chi connectivity index (χ1n) is 13.6. The number of ether oxygens (including phenoxy) is 1. The van der Waals surface area contributed by atoms with E-state index in [-0.39, 0.29) is 11.7 Å². The van der Waals surface area contributed by atoms with Crippen molar-refractivity contribution in [3.63, 3.8) is 0 Å². The third kappa shape index (κ3) is 8.80. The quantitative estimate of drug-likeness (QED) is 0.201. The zero-order chi connectivity index (χ0) is 30.4. The van der Waals surface area contributed by atoms with Crippen LogP contribution in [0.3, 0.4) is 0 Å². The summed E-state index contributed by atoms with van der Waals surface area (Å²) in [6.45, 7) is 2.41. The van der Waals surface area contributed by atoms with E-state index >= 15 is 0 Å². The zero-order valence-corrected chi connectivity index (χ0v) is 24.9. The summed E-state index contributed by atoms with van der Waals surface area (Å²) < 4.78 is 58.5. The molecule has 1 aliphatic rings. The molecule has 1 atom stereocenters. The molecule has 4 aromatic rings. The lowest BCUT2D eigenvalue weighted by Gasteiger charge is -2.34. The Hall–Kier alpha value is -3.91. The topological polar surface area (TPSA) is 113 Å². The fourth-order valence-corrected chi connectivity index (χ4v) is 6.05. The molecule has 3 aromatic carbocycles. The standard InChI is InChI=1S/C30H31F2N5O4S2/c1-43(39,40)36-23-5-9-25(10-6-23)41-24-7-2-20(3-8-24)19-37-15-12-22(13-16-37)34-28(30-33-14-17-42-30)29(38)35-27-11-4-21(31)18-26(27)32/h2-11,14,17-18,22,28,34,36H,12-13,15-16,19H2,1H3,(H,35,38). The van der Waals surface area contributed by atoms with Crippen molar-refractivity contribution in [2.24, 2.45) is 0 Å². The first-order chi connectivity index (χ1) is 20.6. The molecule has 5 rings (SSSR count). The molecule has 1 aromatic heterocycles. The van der Waals surface area contributed by atoms with Gasteiger partial charge in [-0.25, -0.2) is 22.2 Å². The fourth-order valence-electron chi connectivity index (χ4n) is 4.79. The van der Waals surface area contributed by atoms with Crippen molar-refractivity contribution in [2.75, 3.05) is 29.4 Å². The van der Waals surface area contributed by atoms with Crippen molar-refractivity contribution >= 4 is 38.6 Å². The summed E-state index contributed by atoms with van der Waals surface area (Å²) in [4.78, 5) is 19.8. The lowest BCUT2D eigenvalue weighted by molar-refractivity contribution is -0.118. The molecular formula is C30H31F2N5O4S2. The minimum atomic E-state index is -3.34. The van der Waals surface area contributed by atoms with Gasteiger partial charge in [0.25, 0.3) is 0 Å². The normalized spacial score (nSPS) is 15.1. The molecule has 13 heteroatoms. The molecule has 9 nitrogen and oxygen atoms in total. The van der Waals surface area contributed by atoms with Gasteiger partial charge < -0.3 is 10.1 Å². The van der Waals surface area contributed by atoms with Crippen LogP contribution in [0.1, 0.15) is 29.5 Å². The number of carbonyl (C=O) groups is 1. The molecule has 0 spiro atoms. The Labute approximate surface area is 253 Å². The molecule has 1 unspecified atom stereocenters. The predicted octanol–water partition coefficient (Wildman–Crippen LogP) is 5.52. The number of amides is 1. The number of halogens is 2. The van der Waals surface area contributed by atoms with Gasteiger partial charge in [-0.05, 0) is 80.0 Å². The van der Waals surface area contributed by atoms with E-state index in [9.17, 15) is 22.0 Å². The van der Waals surface area contributed by atoms with Crippen molar-refractivity contribution in [1.29, 1.82) is 0 Å². The highest BCUT2D eigenvalue weighted by atomic mass is 32.2. The van der Waals surface area contributed by atoms with Gasteiger partial charge >= 0.3 is 0 Å². The Kier molecular flexibility index (Phi) is 9.65. The van der Waals surface area contributed by atoms with Gasteiger partial charge in [-0.2, -0.15) is 0 Å². The maximum atomic E-state index is 14.2. The largest absolute Gasteiger partial charge is 0.457 e. The Morgan fingerprint density at radius 1 is 1.05 bits per heavy atom. The molecule has 43 heavy (non-hydrogen) atoms. The number of hydrogen-bond acceptors (Lipinski definition) is 8. The maximum Gasteiger partial charge on any atom is 0.248 e. The van der Waals surface area contributed by atoms with Gasteiger partial charge in [0.2, 0.25) is 15.9 Å². The van der Waals surface area contributed by atoms with Crippen molar-refractivity contribution in [3.8, 4) is 11.5 Å². The number of aromatic nitrogens is 1. The van der Waals surface area contributed by atoms with E-state index in [0.717, 1.165) is 56.4 Å². The maximum absolute atomic E-state index is 14.2. The number of anilines is 2. The van der Waals surface area contributed by atoms with Gasteiger partial charge in [-0.3, -0.25) is 19.7 Å². The summed E-state index contributed by atoms with van der Waals surface area (Å²) in [5, 5.41) is 8.32. The third-order valence-corrected chi connectivity index (χ3v) is 8.31. The summed E-state index contributed by atoms with van der Waals surface area (Å²) in [6, 6.07) is 16.8. The van der Waals surface area contributed by atoms with Crippen LogP contribution in [0.2, 0.25) is 0 Å². The molecule has 0 radical (unpaired) electrons. The molecule has 0 saturated carbocycles. The van der Waals surface area contributed by atoms with Crippen molar-refractivity contribution < 1.29 is 26.7 Å². The number of carbonyl (C=O) groups excluding carboxylic acids is 1. The molecule has 1 fully saturated rings. The van der Waals surface area contributed by atoms with E-state index in [4.69, 9.17) is 4.74 Å². The average Bonchev–Trinajstić information content (AvgIpc) is 3.50. The van der Waals surface area contributed by atoms with Crippen molar-refractivity contribution in [3.05, 3.63) is 101 Å². The highest BCUT2D eigenvalue weighted by molar-refractivity contribution is 7.92. The number of nitrogens with one attached hydrogen (secondary N) is 3. The highest BCUT2D eigenvalue weighted by Gasteiger charge is 2.29. The number of hydrogen-bond donors (Lipinski definition) is 3. The van der Waals surface area contributed by atoms with Crippen LogP contribution in [0.4, 0.5) is 20.2 Å². The van der Waals surface area contributed by atoms with Crippen LogP contribution in [0.5, 0.6) is 11.5 Å². The number of piperidine rings is 1. The van der Waals surface area contributed by atoms with Crippen LogP contribution in [0.25, 0.3) is 0 Å². The number of likely N-dealkylation sites (tertiary alicyclic amines) is 1. The molecule has 1 amide bonds. The van der Waals surface area contributed by atoms with Crippen LogP contribution in [-0.2, 0) is 21.4 Å². The monoisotopic (exact) mass is 627 g/mol. The van der Waals surface area contributed by atoms with Gasteiger partial charge in [0.05, 0.1) is 11.9 Å². The van der Waals surface area contributed by atoms with Crippen LogP contribution >= 0.6 is 11.3 Å². The smallest absolute Gasteiger partial charge is 0.248 e. The molecular weight excluding hydrogens is 596 g/mol. The Morgan fingerprint density at radius 2 is 1.72 bits per heavy atom. The van der Waals surface area contributed by atoms with E-state index in [2.05, 4.69) is 25.2 Å². The third-order valence-electron chi connectivity index (χ3n) is 6.86. The van der Waals surface area contributed by atoms with Gasteiger partial charge in [0, 0.05) is 35.9 Å². The van der Waals surface area contributed by atoms with Crippen LogP contribution in [0, 0.1) is 11.6 Å². The van der Waals surface area contributed by atoms with Gasteiger partial charge in [-0.1, -0.05) is 12.1 Å². The first-order valence-corrected chi connectivity index (χ1v) is 16.4. The molecule has 3 N–H and O–H groups in total. The number of thiazole rings is 1. The van der Waals surface area contributed by atoms with Gasteiger partial charge in [0.1, 0.15) is 34.2 Å². The summed E-state index contributed by atoms with van der Waals surface area (Å²) in [6.07, 6.45) is 4.34. The predicted molar refractivity (Wildman–Crippen MR) is 163 cm³/mol. The Morgan fingerprint density at radius 3 is 2.33 bits per heavy atom. The summed E-state index contributed by atoms with van der Waals surface area (Å²) in [7, 11) is -3.34. The van der Waals surface area contributed by atoms with Gasteiger partial charge in [0.15, 0.2) is 0 Å². The second kappa shape index (κ2) is 13.6. The SMILES string of the molecule is CS(=O)(=O)Nc1ccc(Oc2ccc(CN3CCC(NC(C(=O)Nc4ccc(F)cc4F)c4nccs4)CC3)cc2)cc1.